The number of hydrogen-bond acceptors (Lipinski definition) is 8. The largest absolute Gasteiger partial charge is 0.481 e. The number of fused-ring (bicyclic) bond motifs is 1. The molecule has 0 aliphatic carbocycles. The lowest BCUT2D eigenvalue weighted by Crippen LogP contribution is -2.58. The first-order valence-electron chi connectivity index (χ1n) is 12.7. The van der Waals surface area contributed by atoms with E-state index in [9.17, 15) is 26.7 Å². The third-order valence-corrected chi connectivity index (χ3v) is 9.72. The molecule has 0 amide bonds. The van der Waals surface area contributed by atoms with E-state index < -0.39 is 33.6 Å². The van der Waals surface area contributed by atoms with Crippen LogP contribution in [0.4, 0.5) is 13.2 Å². The van der Waals surface area contributed by atoms with Crippen LogP contribution in [0.3, 0.4) is 0 Å². The first-order chi connectivity index (χ1) is 18.7. The van der Waals surface area contributed by atoms with Gasteiger partial charge in [-0.05, 0) is 43.6 Å². The molecule has 1 unspecified atom stereocenters. The third-order valence-electron chi connectivity index (χ3n) is 8.06. The van der Waals surface area contributed by atoms with E-state index in [1.165, 1.54) is 22.3 Å². The molecule has 10 nitrogen and oxygen atoms in total. The maximum absolute atomic E-state index is 13.1. The second kappa shape index (κ2) is 10.4. The van der Waals surface area contributed by atoms with Gasteiger partial charge in [-0.15, -0.1) is 5.10 Å². The molecule has 1 N–H and O–H groups in total. The minimum atomic E-state index is -4.21. The lowest BCUT2D eigenvalue weighted by Gasteiger charge is -2.46. The number of alkyl halides is 3. The number of sulfonamides is 1. The molecule has 2 fully saturated rings. The van der Waals surface area contributed by atoms with Crippen LogP contribution in [0, 0.1) is 11.8 Å². The fourth-order valence-corrected chi connectivity index (χ4v) is 6.82. The van der Waals surface area contributed by atoms with Crippen molar-refractivity contribution in [2.75, 3.05) is 39.5 Å². The molecule has 2 aliphatic heterocycles. The van der Waals surface area contributed by atoms with E-state index in [0.717, 1.165) is 6.26 Å². The number of piperidine rings is 1. The Kier molecular flexibility index (Phi) is 7.53. The van der Waals surface area contributed by atoms with Gasteiger partial charge in [0, 0.05) is 43.5 Å². The molecule has 2 aromatic heterocycles. The van der Waals surface area contributed by atoms with Crippen molar-refractivity contribution in [3.63, 3.8) is 0 Å². The van der Waals surface area contributed by atoms with E-state index in [4.69, 9.17) is 16.3 Å². The number of rotatable bonds is 7. The highest BCUT2D eigenvalue weighted by Gasteiger charge is 2.50. The van der Waals surface area contributed by atoms with Gasteiger partial charge in [-0.2, -0.15) is 13.2 Å². The zero-order valence-corrected chi connectivity index (χ0v) is 23.8. The Labute approximate surface area is 234 Å². The van der Waals surface area contributed by atoms with Crippen LogP contribution in [-0.4, -0.2) is 88.4 Å². The van der Waals surface area contributed by atoms with Crippen molar-refractivity contribution in [2.45, 2.75) is 31.2 Å². The zero-order valence-electron chi connectivity index (χ0n) is 22.2. The molecule has 3 aromatic rings. The van der Waals surface area contributed by atoms with Crippen LogP contribution in [0.2, 0.25) is 5.02 Å². The van der Waals surface area contributed by atoms with Gasteiger partial charge in [0.25, 0.3) is 0 Å². The number of benzene rings is 1. The predicted octanol–water partition coefficient (Wildman–Crippen LogP) is 2.93. The average molecular weight is 603 g/mol. The minimum absolute atomic E-state index is 0.00620. The predicted molar refractivity (Wildman–Crippen MR) is 141 cm³/mol. The number of hydrogen-bond donors (Lipinski definition) is 1. The monoisotopic (exact) mass is 602 g/mol. The number of aryl methyl sites for hydroxylation is 1. The normalized spacial score (nSPS) is 20.0. The number of methoxy groups -OCH3 is 1. The van der Waals surface area contributed by atoms with Gasteiger partial charge >= 0.3 is 6.18 Å². The maximum atomic E-state index is 13.1. The number of aromatic nitrogens is 4. The summed E-state index contributed by atoms with van der Waals surface area (Å²) in [5, 5.41) is 20.9. The molecule has 0 spiro atoms. The van der Waals surface area contributed by atoms with Crippen LogP contribution in [0.15, 0.2) is 24.4 Å². The molecule has 40 heavy (non-hydrogen) atoms. The summed E-state index contributed by atoms with van der Waals surface area (Å²) >= 11 is 6.91. The molecule has 2 saturated heterocycles. The molecular formula is C25H30ClF3N6O4S. The van der Waals surface area contributed by atoms with Crippen molar-refractivity contribution in [1.29, 1.82) is 0 Å². The fourth-order valence-electron chi connectivity index (χ4n) is 5.63. The van der Waals surface area contributed by atoms with Crippen LogP contribution in [0.1, 0.15) is 29.7 Å². The summed E-state index contributed by atoms with van der Waals surface area (Å²) in [5.41, 5.74) is 0.236. The van der Waals surface area contributed by atoms with E-state index >= 15 is 0 Å². The quantitative estimate of drug-likeness (QED) is 0.439. The highest BCUT2D eigenvalue weighted by Crippen LogP contribution is 2.44. The molecule has 4 heterocycles. The SMILES string of the molecule is COc1nc2ccc(C(O)(c3cnnn3C)C3CN(S(C)(=O)=O)C3)cc2c(Cl)c1CN1CCC(C(F)(F)F)CC1. The second-order valence-electron chi connectivity index (χ2n) is 10.5. The van der Waals surface area contributed by atoms with Crippen LogP contribution in [0.5, 0.6) is 5.88 Å². The Morgan fingerprint density at radius 1 is 1.18 bits per heavy atom. The van der Waals surface area contributed by atoms with Crippen molar-refractivity contribution in [3.05, 3.63) is 46.2 Å². The number of halogens is 4. The summed E-state index contributed by atoms with van der Waals surface area (Å²) < 4.78 is 71.8. The van der Waals surface area contributed by atoms with Crippen LogP contribution >= 0.6 is 11.6 Å². The number of ether oxygens (including phenoxy) is 1. The summed E-state index contributed by atoms with van der Waals surface area (Å²) in [6, 6.07) is 5.10. The zero-order chi connectivity index (χ0) is 29.0. The van der Waals surface area contributed by atoms with Gasteiger partial charge in [-0.1, -0.05) is 22.9 Å². The molecule has 0 saturated carbocycles. The van der Waals surface area contributed by atoms with Crippen molar-refractivity contribution in [3.8, 4) is 5.88 Å². The number of pyridine rings is 1. The third kappa shape index (κ3) is 5.15. The van der Waals surface area contributed by atoms with E-state index in [1.54, 1.807) is 25.2 Å². The molecule has 15 heteroatoms. The smallest absolute Gasteiger partial charge is 0.391 e. The van der Waals surface area contributed by atoms with Crippen LogP contribution in [0.25, 0.3) is 10.9 Å². The Hall–Kier alpha value is -2.52. The van der Waals surface area contributed by atoms with E-state index in [2.05, 4.69) is 15.3 Å². The fraction of sp³-hybridized carbons (Fsp3) is 0.560. The molecular weight excluding hydrogens is 573 g/mol. The first kappa shape index (κ1) is 29.0. The van der Waals surface area contributed by atoms with Crippen molar-refractivity contribution in [2.24, 2.45) is 18.9 Å². The Bertz CT molecular complexity index is 1520. The van der Waals surface area contributed by atoms with Gasteiger partial charge in [-0.25, -0.2) is 22.4 Å². The second-order valence-corrected chi connectivity index (χ2v) is 12.9. The van der Waals surface area contributed by atoms with Crippen LogP contribution < -0.4 is 4.74 Å². The summed E-state index contributed by atoms with van der Waals surface area (Å²) in [4.78, 5) is 6.49. The first-order valence-corrected chi connectivity index (χ1v) is 14.9. The van der Waals surface area contributed by atoms with Gasteiger partial charge in [0.05, 0.1) is 41.7 Å². The number of nitrogens with zero attached hydrogens (tertiary/aromatic N) is 6. The molecule has 218 valence electrons. The Morgan fingerprint density at radius 2 is 1.85 bits per heavy atom. The van der Waals surface area contributed by atoms with Crippen molar-refractivity contribution in [1.82, 2.24) is 29.2 Å². The molecule has 0 radical (unpaired) electrons. The van der Waals surface area contributed by atoms with Gasteiger partial charge in [-0.3, -0.25) is 4.90 Å². The summed E-state index contributed by atoms with van der Waals surface area (Å²) in [7, 11) is -0.334. The molecule has 1 aromatic carbocycles. The van der Waals surface area contributed by atoms with Gasteiger partial charge in [0.2, 0.25) is 15.9 Å². The Morgan fingerprint density at radius 3 is 2.40 bits per heavy atom. The standard InChI is InChI=1S/C25H30ClF3N6O4S/c1-33-21(11-30-32-33)24(36,17-12-35(13-17)40(3,37)38)16-4-5-20-18(10-16)22(26)19(23(31-20)39-2)14-34-8-6-15(7-9-34)25(27,28)29/h4-5,10-11,15,17,36H,6-9,12-14H2,1-3H3. The van der Waals surface area contributed by atoms with Crippen LogP contribution in [-0.2, 0) is 29.2 Å². The van der Waals surface area contributed by atoms with E-state index in [1.807, 2.05) is 4.90 Å². The number of likely N-dealkylation sites (tertiary alicyclic amines) is 1. The molecule has 1 atom stereocenters. The molecule has 5 rings (SSSR count). The number of aliphatic hydroxyl groups is 1. The van der Waals surface area contributed by atoms with Gasteiger partial charge in [0.1, 0.15) is 5.60 Å². The summed E-state index contributed by atoms with van der Waals surface area (Å²) in [5.74, 6) is -1.53. The van der Waals surface area contributed by atoms with Crippen molar-refractivity contribution < 1.29 is 31.4 Å². The maximum Gasteiger partial charge on any atom is 0.391 e. The highest BCUT2D eigenvalue weighted by atomic mass is 35.5. The lowest BCUT2D eigenvalue weighted by atomic mass is 9.75. The average Bonchev–Trinajstić information content (AvgIpc) is 3.29. The summed E-state index contributed by atoms with van der Waals surface area (Å²) in [6.07, 6.45) is -1.63. The van der Waals surface area contributed by atoms with Crippen molar-refractivity contribution >= 4 is 32.5 Å². The minimum Gasteiger partial charge on any atom is -0.481 e. The van der Waals surface area contributed by atoms with E-state index in [0.29, 0.717) is 32.7 Å². The van der Waals surface area contributed by atoms with E-state index in [-0.39, 0.29) is 51.4 Å². The highest BCUT2D eigenvalue weighted by molar-refractivity contribution is 7.88. The molecule has 2 aliphatic rings. The topological polar surface area (TPSA) is 114 Å². The van der Waals surface area contributed by atoms with Gasteiger partial charge < -0.3 is 9.84 Å². The lowest BCUT2D eigenvalue weighted by molar-refractivity contribution is -0.185. The van der Waals surface area contributed by atoms with Gasteiger partial charge in [0.15, 0.2) is 0 Å². The Balaban J connectivity index is 1.52. The molecule has 0 bridgehead atoms. The summed E-state index contributed by atoms with van der Waals surface area (Å²) in [6.45, 7) is 0.973.